The molecule has 0 bridgehead atoms. The molecule has 0 saturated heterocycles. The van der Waals surface area contributed by atoms with Crippen molar-refractivity contribution in [3.8, 4) is 5.75 Å². The summed E-state index contributed by atoms with van der Waals surface area (Å²) in [6.07, 6.45) is 4.30. The second-order valence-electron chi connectivity index (χ2n) is 5.26. The molecule has 0 aliphatic heterocycles. The molecule has 1 N–H and O–H groups in total. The third-order valence-corrected chi connectivity index (χ3v) is 3.03. The number of nitro groups is 1. The van der Waals surface area contributed by atoms with Crippen LogP contribution in [0.5, 0.6) is 5.75 Å². The second kappa shape index (κ2) is 7.36. The van der Waals surface area contributed by atoms with Crippen molar-refractivity contribution in [3.05, 3.63) is 63.5 Å². The minimum atomic E-state index is -1.27. The molecular weight excluding hydrogens is 312 g/mol. The van der Waals surface area contributed by atoms with Crippen molar-refractivity contribution in [3.63, 3.8) is 0 Å². The molecule has 124 valence electrons. The Morgan fingerprint density at radius 3 is 2.50 bits per heavy atom. The number of carboxylic acid groups (broad SMARTS) is 1. The Morgan fingerprint density at radius 1 is 1.29 bits per heavy atom. The van der Waals surface area contributed by atoms with Gasteiger partial charge in [0.2, 0.25) is 0 Å². The summed E-state index contributed by atoms with van der Waals surface area (Å²) in [7, 11) is 0. The largest absolute Gasteiger partial charge is 0.491 e. The number of carboxylic acids is 1. The third kappa shape index (κ3) is 4.39. The number of hydrogen-bond acceptors (Lipinski definition) is 5. The van der Waals surface area contributed by atoms with Crippen LogP contribution >= 0.6 is 0 Å². The van der Waals surface area contributed by atoms with Crippen LogP contribution in [0.25, 0.3) is 12.2 Å². The normalized spacial score (nSPS) is 11.0. The maximum Gasteiger partial charge on any atom is 0.338 e. The summed E-state index contributed by atoms with van der Waals surface area (Å²) in [5, 5.41) is 19.9. The maximum absolute atomic E-state index is 11.2. The maximum atomic E-state index is 11.2. The van der Waals surface area contributed by atoms with Gasteiger partial charge in [0.15, 0.2) is 0 Å². The van der Waals surface area contributed by atoms with Gasteiger partial charge in [-0.2, -0.15) is 0 Å². The Kier molecular flexibility index (Phi) is 5.26. The summed E-state index contributed by atoms with van der Waals surface area (Å²) in [6, 6.07) is 8.25. The Bertz CT molecular complexity index is 782. The molecule has 0 fully saturated rings. The number of hydrogen-bond donors (Lipinski definition) is 1. The number of rotatable bonds is 6. The number of pyridine rings is 1. The first kappa shape index (κ1) is 17.1. The van der Waals surface area contributed by atoms with Crippen molar-refractivity contribution in [2.24, 2.45) is 0 Å². The minimum absolute atomic E-state index is 0.0776. The monoisotopic (exact) mass is 328 g/mol. The van der Waals surface area contributed by atoms with E-state index in [0.717, 1.165) is 23.6 Å². The summed E-state index contributed by atoms with van der Waals surface area (Å²) >= 11 is 0. The predicted molar refractivity (Wildman–Crippen MR) is 89.0 cm³/mol. The van der Waals surface area contributed by atoms with E-state index in [0.29, 0.717) is 0 Å². The molecule has 0 atom stereocenters. The lowest BCUT2D eigenvalue weighted by atomic mass is 10.1. The number of ether oxygens (including phenoxy) is 1. The fraction of sp³-hybridized carbons (Fsp3) is 0.176. The molecule has 0 aliphatic rings. The summed E-state index contributed by atoms with van der Waals surface area (Å²) in [5.74, 6) is -0.534. The number of aromatic nitrogens is 1. The van der Waals surface area contributed by atoms with Crippen LogP contribution in [0.3, 0.4) is 0 Å². The quantitative estimate of drug-likeness (QED) is 0.641. The SMILES string of the molecule is CC(C)Oc1ccc(/C=C/c2ncc([N+](=O)[O-])cc2C(=O)O)cc1. The summed E-state index contributed by atoms with van der Waals surface area (Å²) in [4.78, 5) is 25.1. The third-order valence-electron chi connectivity index (χ3n) is 3.03. The first-order valence-electron chi connectivity index (χ1n) is 7.19. The van der Waals surface area contributed by atoms with Crippen molar-refractivity contribution in [2.75, 3.05) is 0 Å². The van der Waals surface area contributed by atoms with Gasteiger partial charge < -0.3 is 9.84 Å². The number of carbonyl (C=O) groups is 1. The van der Waals surface area contributed by atoms with Gasteiger partial charge in [-0.3, -0.25) is 10.1 Å². The molecule has 0 unspecified atom stereocenters. The van der Waals surface area contributed by atoms with Crippen molar-refractivity contribution in [1.82, 2.24) is 4.98 Å². The van der Waals surface area contributed by atoms with Crippen molar-refractivity contribution in [1.29, 1.82) is 0 Å². The van der Waals surface area contributed by atoms with E-state index in [1.165, 1.54) is 6.08 Å². The lowest BCUT2D eigenvalue weighted by Gasteiger charge is -2.09. The standard InChI is InChI=1S/C17H16N2O5/c1-11(2)24-14-6-3-12(4-7-14)5-8-16-15(17(20)21)9-13(10-18-16)19(22)23/h3-11H,1-2H3,(H,20,21)/b8-5+. The van der Waals surface area contributed by atoms with E-state index >= 15 is 0 Å². The molecule has 7 heteroatoms. The molecule has 0 radical (unpaired) electrons. The zero-order valence-electron chi connectivity index (χ0n) is 13.2. The van der Waals surface area contributed by atoms with Crippen LogP contribution in [-0.2, 0) is 0 Å². The summed E-state index contributed by atoms with van der Waals surface area (Å²) in [5.41, 5.74) is 0.387. The van der Waals surface area contributed by atoms with E-state index in [-0.39, 0.29) is 23.0 Å². The van der Waals surface area contributed by atoms with E-state index in [1.807, 2.05) is 26.0 Å². The fourth-order valence-corrected chi connectivity index (χ4v) is 1.97. The number of benzene rings is 1. The van der Waals surface area contributed by atoms with Crippen LogP contribution in [0.2, 0.25) is 0 Å². The zero-order chi connectivity index (χ0) is 17.7. The van der Waals surface area contributed by atoms with E-state index < -0.39 is 10.9 Å². The van der Waals surface area contributed by atoms with Gasteiger partial charge in [-0.1, -0.05) is 18.2 Å². The van der Waals surface area contributed by atoms with Crippen LogP contribution < -0.4 is 4.74 Å². The molecule has 0 amide bonds. The highest BCUT2D eigenvalue weighted by atomic mass is 16.6. The van der Waals surface area contributed by atoms with Crippen molar-refractivity contribution in [2.45, 2.75) is 20.0 Å². The van der Waals surface area contributed by atoms with Gasteiger partial charge in [0.1, 0.15) is 11.9 Å². The lowest BCUT2D eigenvalue weighted by molar-refractivity contribution is -0.385. The number of aromatic carboxylic acids is 1. The highest BCUT2D eigenvalue weighted by molar-refractivity contribution is 5.93. The summed E-state index contributed by atoms with van der Waals surface area (Å²) in [6.45, 7) is 3.86. The molecule has 2 aromatic rings. The smallest absolute Gasteiger partial charge is 0.338 e. The molecule has 0 saturated carbocycles. The molecule has 1 heterocycles. The Labute approximate surface area is 138 Å². The van der Waals surface area contributed by atoms with E-state index in [4.69, 9.17) is 4.74 Å². The molecule has 24 heavy (non-hydrogen) atoms. The minimum Gasteiger partial charge on any atom is -0.491 e. The average Bonchev–Trinajstić information content (AvgIpc) is 2.53. The molecule has 2 rings (SSSR count). The van der Waals surface area contributed by atoms with E-state index in [9.17, 15) is 20.0 Å². The van der Waals surface area contributed by atoms with Crippen LogP contribution in [0.15, 0.2) is 36.5 Å². The molecule has 0 aliphatic carbocycles. The van der Waals surface area contributed by atoms with Crippen LogP contribution in [0, 0.1) is 10.1 Å². The van der Waals surface area contributed by atoms with E-state index in [2.05, 4.69) is 4.98 Å². The van der Waals surface area contributed by atoms with Crippen LogP contribution in [0.1, 0.15) is 35.5 Å². The highest BCUT2D eigenvalue weighted by Gasteiger charge is 2.15. The van der Waals surface area contributed by atoms with Gasteiger partial charge >= 0.3 is 5.97 Å². The predicted octanol–water partition coefficient (Wildman–Crippen LogP) is 3.65. The number of nitrogens with zero attached hydrogens (tertiary/aromatic N) is 2. The fourth-order valence-electron chi connectivity index (χ4n) is 1.97. The van der Waals surface area contributed by atoms with Crippen molar-refractivity contribution < 1.29 is 19.6 Å². The van der Waals surface area contributed by atoms with Gasteiger partial charge in [-0.25, -0.2) is 9.78 Å². The Balaban J connectivity index is 2.25. The molecule has 1 aromatic heterocycles. The zero-order valence-corrected chi connectivity index (χ0v) is 13.2. The first-order valence-corrected chi connectivity index (χ1v) is 7.19. The summed E-state index contributed by atoms with van der Waals surface area (Å²) < 4.78 is 5.54. The van der Waals surface area contributed by atoms with Gasteiger partial charge in [-0.15, -0.1) is 0 Å². The van der Waals surface area contributed by atoms with Gasteiger partial charge in [0.05, 0.1) is 22.3 Å². The molecule has 0 spiro atoms. The molecule has 1 aromatic carbocycles. The average molecular weight is 328 g/mol. The van der Waals surface area contributed by atoms with Gasteiger partial charge in [0.25, 0.3) is 5.69 Å². The Hall–Kier alpha value is -3.22. The first-order chi connectivity index (χ1) is 11.4. The van der Waals surface area contributed by atoms with Gasteiger partial charge in [-0.05, 0) is 37.6 Å². The van der Waals surface area contributed by atoms with Gasteiger partial charge in [0, 0.05) is 6.07 Å². The van der Waals surface area contributed by atoms with Crippen LogP contribution in [0.4, 0.5) is 5.69 Å². The molecule has 7 nitrogen and oxygen atoms in total. The topological polar surface area (TPSA) is 103 Å². The van der Waals surface area contributed by atoms with Crippen LogP contribution in [-0.4, -0.2) is 27.1 Å². The molecular formula is C17H16N2O5. The highest BCUT2D eigenvalue weighted by Crippen LogP contribution is 2.19. The second-order valence-corrected chi connectivity index (χ2v) is 5.26. The Morgan fingerprint density at radius 2 is 1.96 bits per heavy atom. The van der Waals surface area contributed by atoms with Crippen molar-refractivity contribution >= 4 is 23.8 Å². The lowest BCUT2D eigenvalue weighted by Crippen LogP contribution is -2.05. The van der Waals surface area contributed by atoms with E-state index in [1.54, 1.807) is 18.2 Å².